The zero-order valence-electron chi connectivity index (χ0n) is 12.2. The fraction of sp³-hybridized carbons (Fsp3) is 0.429. The zero-order chi connectivity index (χ0) is 16.8. The van der Waals surface area contributed by atoms with E-state index in [1.54, 1.807) is 0 Å². The first-order valence-electron chi connectivity index (χ1n) is 7.13. The lowest BCUT2D eigenvalue weighted by Crippen LogP contribution is -2.45. The fourth-order valence-electron chi connectivity index (χ4n) is 2.35. The Morgan fingerprint density at radius 1 is 1.35 bits per heavy atom. The molecule has 0 spiro atoms. The number of benzene rings is 1. The molecule has 0 heterocycles. The highest BCUT2D eigenvalue weighted by Gasteiger charge is 2.20. The quantitative estimate of drug-likeness (QED) is 0.631. The summed E-state index contributed by atoms with van der Waals surface area (Å²) >= 11 is 5.68. The summed E-state index contributed by atoms with van der Waals surface area (Å²) < 4.78 is 5.09. The van der Waals surface area contributed by atoms with Crippen molar-refractivity contribution < 1.29 is 19.2 Å². The monoisotopic (exact) mass is 341 g/mol. The lowest BCUT2D eigenvalue weighted by Gasteiger charge is -2.12. The molecule has 9 heteroatoms. The number of nitro benzene ring substituents is 1. The van der Waals surface area contributed by atoms with Gasteiger partial charge in [-0.2, -0.15) is 0 Å². The number of nitrogens with zero attached hydrogens (tertiary/aromatic N) is 1. The van der Waals surface area contributed by atoms with E-state index in [1.165, 1.54) is 12.1 Å². The normalized spacial score (nSPS) is 14.3. The SMILES string of the molecule is O=C(COc1ccc(Cl)cc1[N+](=O)[O-])NC(=O)NC1CCCC1. The summed E-state index contributed by atoms with van der Waals surface area (Å²) in [5.74, 6) is -0.782. The van der Waals surface area contributed by atoms with E-state index in [4.69, 9.17) is 16.3 Å². The van der Waals surface area contributed by atoms with Gasteiger partial charge in [-0.15, -0.1) is 0 Å². The van der Waals surface area contributed by atoms with Crippen LogP contribution in [0, 0.1) is 10.1 Å². The number of hydrogen-bond acceptors (Lipinski definition) is 5. The van der Waals surface area contributed by atoms with Gasteiger partial charge >= 0.3 is 11.7 Å². The number of imide groups is 1. The van der Waals surface area contributed by atoms with Crippen molar-refractivity contribution in [1.29, 1.82) is 0 Å². The van der Waals surface area contributed by atoms with Crippen molar-refractivity contribution in [2.45, 2.75) is 31.7 Å². The molecule has 1 aliphatic rings. The maximum absolute atomic E-state index is 11.7. The molecule has 1 saturated carbocycles. The van der Waals surface area contributed by atoms with Gasteiger partial charge < -0.3 is 10.1 Å². The molecule has 2 N–H and O–H groups in total. The highest BCUT2D eigenvalue weighted by atomic mass is 35.5. The molecule has 8 nitrogen and oxygen atoms in total. The first-order chi connectivity index (χ1) is 11.0. The minimum Gasteiger partial charge on any atom is -0.477 e. The molecule has 1 fully saturated rings. The number of amides is 3. The van der Waals surface area contributed by atoms with E-state index < -0.39 is 23.5 Å². The Bertz CT molecular complexity index is 616. The average molecular weight is 342 g/mol. The summed E-state index contributed by atoms with van der Waals surface area (Å²) in [7, 11) is 0. The van der Waals surface area contributed by atoms with Gasteiger partial charge in [0.15, 0.2) is 12.4 Å². The molecule has 0 saturated heterocycles. The van der Waals surface area contributed by atoms with Crippen LogP contribution in [0.1, 0.15) is 25.7 Å². The molecule has 1 aliphatic carbocycles. The summed E-state index contributed by atoms with van der Waals surface area (Å²) in [6, 6.07) is 3.33. The third-order valence-corrected chi connectivity index (χ3v) is 3.65. The summed E-state index contributed by atoms with van der Waals surface area (Å²) in [6.07, 6.45) is 3.91. The van der Waals surface area contributed by atoms with Gasteiger partial charge in [-0.1, -0.05) is 24.4 Å². The summed E-state index contributed by atoms with van der Waals surface area (Å²) in [6.45, 7) is -0.513. The minimum atomic E-state index is -0.690. The average Bonchev–Trinajstić information content (AvgIpc) is 2.98. The Balaban J connectivity index is 1.84. The van der Waals surface area contributed by atoms with Gasteiger partial charge in [0.2, 0.25) is 0 Å². The molecule has 0 radical (unpaired) electrons. The van der Waals surface area contributed by atoms with Crippen LogP contribution in [0.4, 0.5) is 10.5 Å². The second-order valence-corrected chi connectivity index (χ2v) is 5.60. The zero-order valence-corrected chi connectivity index (χ0v) is 13.0. The van der Waals surface area contributed by atoms with Gasteiger partial charge in [0, 0.05) is 17.1 Å². The molecule has 0 aliphatic heterocycles. The molecule has 1 aromatic rings. The second kappa shape index (κ2) is 7.77. The van der Waals surface area contributed by atoms with Crippen molar-refractivity contribution in [3.63, 3.8) is 0 Å². The molecular formula is C14H16ClN3O5. The largest absolute Gasteiger partial charge is 0.477 e. The first-order valence-corrected chi connectivity index (χ1v) is 7.50. The summed E-state index contributed by atoms with van der Waals surface area (Å²) in [5, 5.41) is 15.9. The van der Waals surface area contributed by atoms with Crippen LogP contribution in [0.15, 0.2) is 18.2 Å². The van der Waals surface area contributed by atoms with Crippen LogP contribution >= 0.6 is 11.6 Å². The number of hydrogen-bond donors (Lipinski definition) is 2. The predicted octanol–water partition coefficient (Wildman–Crippen LogP) is 2.40. The van der Waals surface area contributed by atoms with Crippen molar-refractivity contribution in [2.24, 2.45) is 0 Å². The van der Waals surface area contributed by atoms with Crippen molar-refractivity contribution >= 4 is 29.2 Å². The third-order valence-electron chi connectivity index (χ3n) is 3.42. The summed E-state index contributed by atoms with van der Waals surface area (Å²) in [4.78, 5) is 33.5. The minimum absolute atomic E-state index is 0.0843. The van der Waals surface area contributed by atoms with Crippen molar-refractivity contribution in [2.75, 3.05) is 6.61 Å². The number of halogens is 1. The molecule has 0 unspecified atom stereocenters. The number of ether oxygens (including phenoxy) is 1. The van der Waals surface area contributed by atoms with E-state index in [2.05, 4.69) is 10.6 Å². The predicted molar refractivity (Wildman–Crippen MR) is 82.5 cm³/mol. The van der Waals surface area contributed by atoms with E-state index in [9.17, 15) is 19.7 Å². The van der Waals surface area contributed by atoms with Gasteiger partial charge in [0.05, 0.1) is 4.92 Å². The number of carbonyl (C=O) groups is 2. The van der Waals surface area contributed by atoms with Crippen LogP contribution in [0.25, 0.3) is 0 Å². The highest BCUT2D eigenvalue weighted by Crippen LogP contribution is 2.29. The van der Waals surface area contributed by atoms with Gasteiger partial charge in [0.1, 0.15) is 0 Å². The lowest BCUT2D eigenvalue weighted by molar-refractivity contribution is -0.385. The Morgan fingerprint density at radius 3 is 2.70 bits per heavy atom. The number of carbonyl (C=O) groups excluding carboxylic acids is 2. The fourth-order valence-corrected chi connectivity index (χ4v) is 2.52. The van der Waals surface area contributed by atoms with Crippen LogP contribution in [-0.4, -0.2) is 29.5 Å². The Kier molecular flexibility index (Phi) is 5.75. The lowest BCUT2D eigenvalue weighted by atomic mass is 10.2. The maximum atomic E-state index is 11.7. The Labute approximate surface area is 137 Å². The Morgan fingerprint density at radius 2 is 2.04 bits per heavy atom. The van der Waals surface area contributed by atoms with Gasteiger partial charge in [-0.3, -0.25) is 20.2 Å². The number of nitrogens with one attached hydrogen (secondary N) is 2. The van der Waals surface area contributed by atoms with Crippen LogP contribution in [0.2, 0.25) is 5.02 Å². The molecule has 3 amide bonds. The summed E-state index contributed by atoms with van der Waals surface area (Å²) in [5.41, 5.74) is -0.347. The molecular weight excluding hydrogens is 326 g/mol. The van der Waals surface area contributed by atoms with E-state index in [0.29, 0.717) is 0 Å². The van der Waals surface area contributed by atoms with E-state index in [0.717, 1.165) is 31.7 Å². The van der Waals surface area contributed by atoms with Crippen molar-refractivity contribution in [3.05, 3.63) is 33.3 Å². The van der Waals surface area contributed by atoms with Crippen molar-refractivity contribution in [3.8, 4) is 5.75 Å². The molecule has 0 aromatic heterocycles. The van der Waals surface area contributed by atoms with Crippen LogP contribution in [-0.2, 0) is 4.79 Å². The Hall–Kier alpha value is -2.35. The van der Waals surface area contributed by atoms with Gasteiger partial charge in [-0.05, 0) is 25.0 Å². The standard InChI is InChI=1S/C14H16ClN3O5/c15-9-5-6-12(11(7-9)18(21)22)23-8-13(19)17-14(20)16-10-3-1-2-4-10/h5-7,10H,1-4,8H2,(H2,16,17,19,20). The van der Waals surface area contributed by atoms with E-state index in [1.807, 2.05) is 0 Å². The molecule has 1 aromatic carbocycles. The number of nitro groups is 1. The van der Waals surface area contributed by atoms with E-state index in [-0.39, 0.29) is 22.5 Å². The van der Waals surface area contributed by atoms with Crippen LogP contribution < -0.4 is 15.4 Å². The first kappa shape index (κ1) is 17.0. The number of urea groups is 1. The molecule has 0 atom stereocenters. The molecule has 2 rings (SSSR count). The maximum Gasteiger partial charge on any atom is 0.321 e. The van der Waals surface area contributed by atoms with Crippen LogP contribution in [0.5, 0.6) is 5.75 Å². The van der Waals surface area contributed by atoms with Gasteiger partial charge in [-0.25, -0.2) is 4.79 Å². The van der Waals surface area contributed by atoms with E-state index >= 15 is 0 Å². The smallest absolute Gasteiger partial charge is 0.321 e. The van der Waals surface area contributed by atoms with Gasteiger partial charge in [0.25, 0.3) is 5.91 Å². The van der Waals surface area contributed by atoms with Crippen LogP contribution in [0.3, 0.4) is 0 Å². The molecule has 124 valence electrons. The highest BCUT2D eigenvalue weighted by molar-refractivity contribution is 6.30. The van der Waals surface area contributed by atoms with Crippen molar-refractivity contribution in [1.82, 2.24) is 10.6 Å². The molecule has 0 bridgehead atoms. The molecule has 23 heavy (non-hydrogen) atoms. The second-order valence-electron chi connectivity index (χ2n) is 5.16. The number of rotatable bonds is 5. The topological polar surface area (TPSA) is 111 Å². The third kappa shape index (κ3) is 5.10.